The fourth-order valence-corrected chi connectivity index (χ4v) is 2.36. The van der Waals surface area contributed by atoms with Crippen LogP contribution in [0.5, 0.6) is 0 Å². The second kappa shape index (κ2) is 4.59. The molecule has 0 aliphatic heterocycles. The third-order valence-corrected chi connectivity index (χ3v) is 3.47. The summed E-state index contributed by atoms with van der Waals surface area (Å²) in [5.41, 5.74) is -0.0320. The number of nitrogens with one attached hydrogen (secondary N) is 1. The van der Waals surface area contributed by atoms with E-state index in [1.807, 2.05) is 30.3 Å². The molecule has 0 atom stereocenters. The summed E-state index contributed by atoms with van der Waals surface area (Å²) in [6, 6.07) is 0. The Morgan fingerprint density at radius 2 is 2.44 bits per heavy atom. The van der Waals surface area contributed by atoms with Crippen LogP contribution in [-0.2, 0) is 10.3 Å². The molecular formula is C11H16BrN3O. The van der Waals surface area contributed by atoms with Crippen molar-refractivity contribution in [3.8, 4) is 0 Å². The van der Waals surface area contributed by atoms with Gasteiger partial charge in [0.1, 0.15) is 0 Å². The highest BCUT2D eigenvalue weighted by Gasteiger charge is 2.44. The summed E-state index contributed by atoms with van der Waals surface area (Å²) in [5, 5.41) is 7.39. The molecule has 0 bridgehead atoms. The minimum Gasteiger partial charge on any atom is -0.394 e. The highest BCUT2D eigenvalue weighted by molar-refractivity contribution is 9.10. The monoisotopic (exact) mass is 285 g/mol. The van der Waals surface area contributed by atoms with Crippen molar-refractivity contribution in [1.82, 2.24) is 15.1 Å². The number of nitrogens with zero attached hydrogens (tertiary/aromatic N) is 2. The smallest absolute Gasteiger partial charge is 0.0873 e. The molecule has 1 aliphatic rings. The van der Waals surface area contributed by atoms with Gasteiger partial charge in [0, 0.05) is 33.2 Å². The van der Waals surface area contributed by atoms with Gasteiger partial charge in [-0.2, -0.15) is 5.10 Å². The Balaban J connectivity index is 2.20. The van der Waals surface area contributed by atoms with Gasteiger partial charge in [-0.3, -0.25) is 4.68 Å². The van der Waals surface area contributed by atoms with Crippen molar-refractivity contribution in [2.75, 3.05) is 14.2 Å². The van der Waals surface area contributed by atoms with Crippen LogP contribution in [0, 0.1) is 0 Å². The van der Waals surface area contributed by atoms with E-state index in [4.69, 9.17) is 4.74 Å². The van der Waals surface area contributed by atoms with E-state index in [-0.39, 0.29) is 5.54 Å². The van der Waals surface area contributed by atoms with Crippen molar-refractivity contribution in [3.63, 3.8) is 0 Å². The number of halogens is 1. The lowest BCUT2D eigenvalue weighted by Crippen LogP contribution is -2.49. The van der Waals surface area contributed by atoms with Gasteiger partial charge in [-0.1, -0.05) is 0 Å². The Labute approximate surface area is 104 Å². The number of ether oxygens (including phenoxy) is 1. The van der Waals surface area contributed by atoms with Gasteiger partial charge >= 0.3 is 0 Å². The van der Waals surface area contributed by atoms with E-state index in [0.29, 0.717) is 6.10 Å². The van der Waals surface area contributed by atoms with E-state index in [0.717, 1.165) is 17.3 Å². The van der Waals surface area contributed by atoms with E-state index >= 15 is 0 Å². The van der Waals surface area contributed by atoms with Crippen LogP contribution < -0.4 is 5.32 Å². The first-order valence-corrected chi connectivity index (χ1v) is 6.08. The Hall–Kier alpha value is -0.810. The number of allylic oxidation sites excluding steroid dienone is 1. The molecule has 1 fully saturated rings. The Kier molecular flexibility index (Phi) is 3.35. The molecule has 2 rings (SSSR count). The Morgan fingerprint density at radius 1 is 1.69 bits per heavy atom. The lowest BCUT2D eigenvalue weighted by atomic mass is 9.74. The average Bonchev–Trinajstić information content (AvgIpc) is 2.64. The Bertz CT molecular complexity index is 382. The van der Waals surface area contributed by atoms with Crippen molar-refractivity contribution in [2.45, 2.75) is 24.5 Å². The molecule has 5 heteroatoms. The first-order valence-electron chi connectivity index (χ1n) is 5.28. The van der Waals surface area contributed by atoms with Crippen LogP contribution in [0.2, 0.25) is 0 Å². The third kappa shape index (κ3) is 2.01. The zero-order valence-electron chi connectivity index (χ0n) is 9.48. The van der Waals surface area contributed by atoms with Crippen molar-refractivity contribution in [3.05, 3.63) is 29.1 Å². The molecule has 0 amide bonds. The molecule has 1 aliphatic carbocycles. The molecule has 0 spiro atoms. The normalized spacial score (nSPS) is 29.3. The van der Waals surface area contributed by atoms with Crippen LogP contribution in [0.1, 0.15) is 12.8 Å². The van der Waals surface area contributed by atoms with E-state index in [1.54, 1.807) is 7.11 Å². The highest BCUT2D eigenvalue weighted by atomic mass is 79.9. The van der Waals surface area contributed by atoms with Gasteiger partial charge in [0.15, 0.2) is 0 Å². The molecule has 1 aromatic rings. The molecule has 0 radical (unpaired) electrons. The molecule has 1 heterocycles. The standard InChI is InChI=1S/C11H16BrN3O/c1-13-4-3-11(5-10(6-11)16-2)15-8-9(12)7-14-15/h3-4,7-8,10,13H,5-6H2,1-2H3/b4-3+. The molecule has 1 saturated carbocycles. The zero-order valence-corrected chi connectivity index (χ0v) is 11.1. The molecule has 1 aromatic heterocycles. The number of hydrogen-bond acceptors (Lipinski definition) is 3. The summed E-state index contributed by atoms with van der Waals surface area (Å²) < 4.78 is 8.35. The maximum Gasteiger partial charge on any atom is 0.0873 e. The predicted octanol–water partition coefficient (Wildman–Crippen LogP) is 1.88. The fourth-order valence-electron chi connectivity index (χ4n) is 2.08. The Morgan fingerprint density at radius 3 is 2.94 bits per heavy atom. The summed E-state index contributed by atoms with van der Waals surface area (Å²) >= 11 is 3.42. The summed E-state index contributed by atoms with van der Waals surface area (Å²) in [4.78, 5) is 0. The summed E-state index contributed by atoms with van der Waals surface area (Å²) in [7, 11) is 3.66. The number of aromatic nitrogens is 2. The van der Waals surface area contributed by atoms with Gasteiger partial charge in [-0.25, -0.2) is 0 Å². The number of methoxy groups -OCH3 is 1. The SMILES string of the molecule is CN/C=C/C1(n2cc(Br)cn2)CC(OC)C1. The molecule has 0 saturated heterocycles. The van der Waals surface area contributed by atoms with Gasteiger partial charge < -0.3 is 10.1 Å². The minimum atomic E-state index is -0.0320. The predicted molar refractivity (Wildman–Crippen MR) is 66.1 cm³/mol. The van der Waals surface area contributed by atoms with Gasteiger partial charge in [-0.15, -0.1) is 0 Å². The van der Waals surface area contributed by atoms with E-state index in [1.165, 1.54) is 0 Å². The second-order valence-corrected chi connectivity index (χ2v) is 5.01. The largest absolute Gasteiger partial charge is 0.394 e. The van der Waals surface area contributed by atoms with Crippen LogP contribution in [0.15, 0.2) is 29.1 Å². The third-order valence-electron chi connectivity index (χ3n) is 3.06. The van der Waals surface area contributed by atoms with Crippen molar-refractivity contribution < 1.29 is 4.74 Å². The molecule has 0 unspecified atom stereocenters. The quantitative estimate of drug-likeness (QED) is 0.918. The van der Waals surface area contributed by atoms with E-state index < -0.39 is 0 Å². The van der Waals surface area contributed by atoms with E-state index in [2.05, 4.69) is 32.4 Å². The lowest BCUT2D eigenvalue weighted by Gasteiger charge is -2.45. The number of rotatable bonds is 4. The molecule has 88 valence electrons. The van der Waals surface area contributed by atoms with Crippen LogP contribution in [0.3, 0.4) is 0 Å². The summed E-state index contributed by atoms with van der Waals surface area (Å²) in [5.74, 6) is 0. The minimum absolute atomic E-state index is 0.0320. The fraction of sp³-hybridized carbons (Fsp3) is 0.545. The van der Waals surface area contributed by atoms with Crippen LogP contribution in [-0.4, -0.2) is 30.0 Å². The maximum atomic E-state index is 5.34. The molecular weight excluding hydrogens is 270 g/mol. The van der Waals surface area contributed by atoms with Gasteiger partial charge in [0.2, 0.25) is 0 Å². The van der Waals surface area contributed by atoms with Crippen molar-refractivity contribution in [1.29, 1.82) is 0 Å². The van der Waals surface area contributed by atoms with E-state index in [9.17, 15) is 0 Å². The highest BCUT2D eigenvalue weighted by Crippen LogP contribution is 2.42. The summed E-state index contributed by atoms with van der Waals surface area (Å²) in [6.45, 7) is 0. The average molecular weight is 286 g/mol. The maximum absolute atomic E-state index is 5.34. The lowest BCUT2D eigenvalue weighted by molar-refractivity contribution is -0.0327. The van der Waals surface area contributed by atoms with Gasteiger partial charge in [0.05, 0.1) is 22.3 Å². The summed E-state index contributed by atoms with van der Waals surface area (Å²) in [6.07, 6.45) is 10.2. The van der Waals surface area contributed by atoms with Crippen molar-refractivity contribution >= 4 is 15.9 Å². The first-order chi connectivity index (χ1) is 7.70. The van der Waals surface area contributed by atoms with Gasteiger partial charge in [0.25, 0.3) is 0 Å². The van der Waals surface area contributed by atoms with Crippen molar-refractivity contribution in [2.24, 2.45) is 0 Å². The molecule has 4 nitrogen and oxygen atoms in total. The van der Waals surface area contributed by atoms with Crippen LogP contribution in [0.4, 0.5) is 0 Å². The second-order valence-electron chi connectivity index (χ2n) is 4.09. The van der Waals surface area contributed by atoms with Crippen LogP contribution >= 0.6 is 15.9 Å². The topological polar surface area (TPSA) is 39.1 Å². The zero-order chi connectivity index (χ0) is 11.6. The molecule has 16 heavy (non-hydrogen) atoms. The van der Waals surface area contributed by atoms with Crippen LogP contribution in [0.25, 0.3) is 0 Å². The molecule has 0 aromatic carbocycles. The van der Waals surface area contributed by atoms with Gasteiger partial charge in [-0.05, 0) is 28.2 Å². The molecule has 1 N–H and O–H groups in total. The number of hydrogen-bond donors (Lipinski definition) is 1. The first kappa shape index (κ1) is 11.7.